The summed E-state index contributed by atoms with van der Waals surface area (Å²) in [5, 5.41) is 8.74. The van der Waals surface area contributed by atoms with Crippen LogP contribution < -0.4 is 0 Å². The summed E-state index contributed by atoms with van der Waals surface area (Å²) in [6.07, 6.45) is 8.16. The van der Waals surface area contributed by atoms with Crippen LogP contribution >= 0.6 is 11.8 Å². The van der Waals surface area contributed by atoms with Gasteiger partial charge in [0.15, 0.2) is 5.17 Å². The second-order valence-corrected chi connectivity index (χ2v) is 7.06. The lowest BCUT2D eigenvalue weighted by atomic mass is 10.2. The Morgan fingerprint density at radius 1 is 1.14 bits per heavy atom. The summed E-state index contributed by atoms with van der Waals surface area (Å²) in [5.74, 6) is 0.0842. The van der Waals surface area contributed by atoms with Crippen LogP contribution in [0.5, 0.6) is 0 Å². The van der Waals surface area contributed by atoms with E-state index in [2.05, 4.69) is 15.2 Å². The lowest BCUT2D eigenvalue weighted by Crippen LogP contribution is -2.28. The quantitative estimate of drug-likeness (QED) is 0.359. The number of hydrogen-bond acceptors (Lipinski definition) is 6. The summed E-state index contributed by atoms with van der Waals surface area (Å²) in [7, 11) is 0. The molecule has 0 unspecified atom stereocenters. The first-order valence-electron chi connectivity index (χ1n) is 8.69. The summed E-state index contributed by atoms with van der Waals surface area (Å²) in [4.78, 5) is 18.9. The molecule has 1 aliphatic heterocycles. The standard InChI is InChI=1S/C21H15FN4O2S/c22-17-7-5-15(6-8-17)11-19-20(27)26(14-18-4-2-10-28-18)21(29-19)25-24-13-16-3-1-9-23-12-16/h1-13H,14H2/b19-11-,24-13-,25-21+. The molecule has 144 valence electrons. The highest BCUT2D eigenvalue weighted by Gasteiger charge is 2.34. The fourth-order valence-corrected chi connectivity index (χ4v) is 3.52. The summed E-state index contributed by atoms with van der Waals surface area (Å²) in [5.41, 5.74) is 1.52. The molecule has 4 rings (SSSR count). The van der Waals surface area contributed by atoms with Gasteiger partial charge in [0.05, 0.1) is 23.9 Å². The topological polar surface area (TPSA) is 71.1 Å². The van der Waals surface area contributed by atoms with Crippen molar-refractivity contribution in [1.82, 2.24) is 9.88 Å². The second-order valence-electron chi connectivity index (χ2n) is 6.05. The van der Waals surface area contributed by atoms with Gasteiger partial charge in [-0.15, -0.1) is 5.10 Å². The van der Waals surface area contributed by atoms with E-state index < -0.39 is 0 Å². The first-order chi connectivity index (χ1) is 14.2. The minimum atomic E-state index is -0.330. The second kappa shape index (κ2) is 8.66. The number of benzene rings is 1. The number of rotatable bonds is 5. The first-order valence-corrected chi connectivity index (χ1v) is 9.51. The highest BCUT2D eigenvalue weighted by Crippen LogP contribution is 2.33. The van der Waals surface area contributed by atoms with Crippen LogP contribution in [0.4, 0.5) is 4.39 Å². The van der Waals surface area contributed by atoms with E-state index in [9.17, 15) is 9.18 Å². The minimum absolute atomic E-state index is 0.217. The van der Waals surface area contributed by atoms with Crippen LogP contribution in [-0.2, 0) is 11.3 Å². The summed E-state index contributed by atoms with van der Waals surface area (Å²) in [6.45, 7) is 0.237. The van der Waals surface area contributed by atoms with Crippen LogP contribution in [0.15, 0.2) is 86.7 Å². The maximum absolute atomic E-state index is 13.1. The number of amides is 1. The van der Waals surface area contributed by atoms with E-state index in [4.69, 9.17) is 4.42 Å². The summed E-state index contributed by atoms with van der Waals surface area (Å²) < 4.78 is 18.5. The minimum Gasteiger partial charge on any atom is -0.467 e. The van der Waals surface area contributed by atoms with Crippen molar-refractivity contribution in [2.45, 2.75) is 6.54 Å². The average Bonchev–Trinajstić information content (AvgIpc) is 3.35. The fourth-order valence-electron chi connectivity index (χ4n) is 2.59. The van der Waals surface area contributed by atoms with Crippen LogP contribution in [0.3, 0.4) is 0 Å². The van der Waals surface area contributed by atoms with Crippen LogP contribution in [-0.4, -0.2) is 27.2 Å². The Morgan fingerprint density at radius 2 is 2.00 bits per heavy atom. The average molecular weight is 406 g/mol. The fraction of sp³-hybridized carbons (Fsp3) is 0.0476. The van der Waals surface area contributed by atoms with Crippen molar-refractivity contribution in [1.29, 1.82) is 0 Å². The lowest BCUT2D eigenvalue weighted by molar-refractivity contribution is -0.122. The van der Waals surface area contributed by atoms with Gasteiger partial charge in [0.1, 0.15) is 11.6 Å². The third-order valence-corrected chi connectivity index (χ3v) is 4.98. The molecule has 1 aliphatic rings. The van der Waals surface area contributed by atoms with Gasteiger partial charge in [-0.05, 0) is 53.7 Å². The van der Waals surface area contributed by atoms with E-state index in [1.54, 1.807) is 61.3 Å². The zero-order chi connectivity index (χ0) is 20.1. The number of amidine groups is 1. The lowest BCUT2D eigenvalue weighted by Gasteiger charge is -2.12. The van der Waals surface area contributed by atoms with E-state index >= 15 is 0 Å². The van der Waals surface area contributed by atoms with Gasteiger partial charge < -0.3 is 4.42 Å². The molecule has 0 atom stereocenters. The smallest absolute Gasteiger partial charge is 0.267 e. The van der Waals surface area contributed by atoms with Crippen LogP contribution in [0.1, 0.15) is 16.9 Å². The van der Waals surface area contributed by atoms with Gasteiger partial charge in [0.2, 0.25) is 0 Å². The Hall–Kier alpha value is -3.52. The van der Waals surface area contributed by atoms with Gasteiger partial charge in [-0.3, -0.25) is 14.7 Å². The summed E-state index contributed by atoms with van der Waals surface area (Å²) >= 11 is 1.21. The molecule has 0 aliphatic carbocycles. The van der Waals surface area contributed by atoms with Gasteiger partial charge in [-0.1, -0.05) is 18.2 Å². The largest absolute Gasteiger partial charge is 0.467 e. The molecule has 6 nitrogen and oxygen atoms in total. The highest BCUT2D eigenvalue weighted by atomic mass is 32.2. The Balaban J connectivity index is 1.61. The molecule has 2 aromatic heterocycles. The number of carbonyl (C=O) groups is 1. The van der Waals surface area contributed by atoms with Crippen LogP contribution in [0.2, 0.25) is 0 Å². The number of furan rings is 1. The Bertz CT molecular complexity index is 1080. The van der Waals surface area contributed by atoms with Crippen molar-refractivity contribution in [3.63, 3.8) is 0 Å². The molecule has 1 saturated heterocycles. The van der Waals surface area contributed by atoms with Gasteiger partial charge >= 0.3 is 0 Å². The van der Waals surface area contributed by atoms with Crippen molar-refractivity contribution in [2.24, 2.45) is 10.2 Å². The number of hydrogen-bond donors (Lipinski definition) is 0. The zero-order valence-electron chi connectivity index (χ0n) is 15.1. The maximum Gasteiger partial charge on any atom is 0.267 e. The zero-order valence-corrected chi connectivity index (χ0v) is 15.9. The molecule has 29 heavy (non-hydrogen) atoms. The molecule has 1 fully saturated rings. The van der Waals surface area contributed by atoms with Gasteiger partial charge in [-0.2, -0.15) is 5.10 Å². The SMILES string of the molecule is O=C1/C(=C/c2ccc(F)cc2)S/C(=N/N=C\c2cccnc2)N1Cc1ccco1. The molecule has 1 aromatic carbocycles. The third-order valence-electron chi connectivity index (χ3n) is 3.98. The van der Waals surface area contributed by atoms with E-state index in [1.807, 2.05) is 6.07 Å². The molecule has 0 bridgehead atoms. The molecule has 3 aromatic rings. The van der Waals surface area contributed by atoms with Crippen molar-refractivity contribution < 1.29 is 13.6 Å². The predicted octanol–water partition coefficient (Wildman–Crippen LogP) is 4.32. The Labute approximate surface area is 170 Å². The number of thioether (sulfide) groups is 1. The molecular weight excluding hydrogens is 391 g/mol. The van der Waals surface area contributed by atoms with Gasteiger partial charge in [-0.25, -0.2) is 4.39 Å². The first kappa shape index (κ1) is 18.8. The molecule has 0 radical (unpaired) electrons. The number of pyridine rings is 1. The van der Waals surface area contributed by atoms with Crippen molar-refractivity contribution in [3.05, 3.63) is 94.8 Å². The number of carbonyl (C=O) groups excluding carboxylic acids is 1. The Morgan fingerprint density at radius 3 is 2.72 bits per heavy atom. The highest BCUT2D eigenvalue weighted by molar-refractivity contribution is 8.18. The molecular formula is C21H15FN4O2S. The third kappa shape index (κ3) is 4.67. The molecule has 1 amide bonds. The van der Waals surface area contributed by atoms with E-state index in [0.29, 0.717) is 15.8 Å². The number of aromatic nitrogens is 1. The summed E-state index contributed by atoms with van der Waals surface area (Å²) in [6, 6.07) is 13.1. The van der Waals surface area contributed by atoms with E-state index in [1.165, 1.54) is 28.8 Å². The normalized spacial score (nSPS) is 17.1. The van der Waals surface area contributed by atoms with E-state index in [0.717, 1.165) is 11.1 Å². The molecule has 0 spiro atoms. The Kier molecular flexibility index (Phi) is 5.62. The van der Waals surface area contributed by atoms with Crippen molar-refractivity contribution >= 4 is 35.1 Å². The monoisotopic (exact) mass is 406 g/mol. The van der Waals surface area contributed by atoms with Crippen LogP contribution in [0.25, 0.3) is 6.08 Å². The number of halogens is 1. The molecule has 0 N–H and O–H groups in total. The molecule has 3 heterocycles. The van der Waals surface area contributed by atoms with Crippen LogP contribution in [0, 0.1) is 5.82 Å². The molecule has 0 saturated carbocycles. The van der Waals surface area contributed by atoms with Gasteiger partial charge in [0, 0.05) is 18.0 Å². The van der Waals surface area contributed by atoms with Gasteiger partial charge in [0.25, 0.3) is 5.91 Å². The van der Waals surface area contributed by atoms with Crippen molar-refractivity contribution in [2.75, 3.05) is 0 Å². The van der Waals surface area contributed by atoms with E-state index in [-0.39, 0.29) is 18.3 Å². The number of nitrogens with zero attached hydrogens (tertiary/aromatic N) is 4. The van der Waals surface area contributed by atoms with Crippen molar-refractivity contribution in [3.8, 4) is 0 Å². The molecule has 8 heteroatoms. The maximum atomic E-state index is 13.1. The predicted molar refractivity (Wildman–Crippen MR) is 110 cm³/mol.